The fourth-order valence-electron chi connectivity index (χ4n) is 4.71. The average molecular weight is 534 g/mol. The first-order valence-corrected chi connectivity index (χ1v) is 12.4. The van der Waals surface area contributed by atoms with Gasteiger partial charge in [0.25, 0.3) is 11.5 Å². The largest absolute Gasteiger partial charge is 0.381 e. The molecule has 40 heavy (non-hydrogen) atoms. The second kappa shape index (κ2) is 9.91. The number of aromatic amines is 1. The summed E-state index contributed by atoms with van der Waals surface area (Å²) in [6.45, 7) is 1.73. The number of rotatable bonds is 7. The van der Waals surface area contributed by atoms with Gasteiger partial charge >= 0.3 is 0 Å². The van der Waals surface area contributed by atoms with Crippen molar-refractivity contribution in [3.8, 4) is 5.69 Å². The number of carbonyl (C=O) groups excluding carboxylic acids is 2. The zero-order valence-corrected chi connectivity index (χ0v) is 21.3. The van der Waals surface area contributed by atoms with E-state index in [2.05, 4.69) is 25.6 Å². The van der Waals surface area contributed by atoms with Crippen LogP contribution in [0, 0.1) is 0 Å². The number of nitrogens with two attached hydrogens (primary N) is 1. The van der Waals surface area contributed by atoms with Gasteiger partial charge in [0.1, 0.15) is 11.4 Å². The number of fused-ring (bicyclic) bond motifs is 2. The third-order valence-electron chi connectivity index (χ3n) is 6.58. The van der Waals surface area contributed by atoms with Crippen molar-refractivity contribution in [2.24, 2.45) is 0 Å². The van der Waals surface area contributed by atoms with E-state index < -0.39 is 11.9 Å². The Hall–Kier alpha value is -5.65. The standard InChI is InChI=1S/C28H23N9O3/c1-16(33-27(39)23-24(29)35-36-12-6-11-30-26(23)36)25-34-20-10-5-7-17(13-21(38)18-14-31-32-15-18)22(20)28(40)37(25)19-8-3-2-4-9-19/h2-12,14-16H,13H2,1H3,(H2,29,35)(H,31,32)(H,33,39)/t16-/m0/s1. The lowest BCUT2D eigenvalue weighted by molar-refractivity contribution is 0.0938. The van der Waals surface area contributed by atoms with Gasteiger partial charge in [-0.25, -0.2) is 14.5 Å². The maximum atomic E-state index is 14.1. The van der Waals surface area contributed by atoms with Gasteiger partial charge in [-0.05, 0) is 36.8 Å². The number of nitrogens with zero attached hydrogens (tertiary/aromatic N) is 6. The smallest absolute Gasteiger partial charge is 0.266 e. The number of hydrogen-bond donors (Lipinski definition) is 3. The molecule has 0 unspecified atom stereocenters. The lowest BCUT2D eigenvalue weighted by Gasteiger charge is -2.20. The molecule has 0 fully saturated rings. The summed E-state index contributed by atoms with van der Waals surface area (Å²) in [4.78, 5) is 49.4. The quantitative estimate of drug-likeness (QED) is 0.263. The fraction of sp³-hybridized carbons (Fsp3) is 0.107. The third kappa shape index (κ3) is 4.26. The third-order valence-corrected chi connectivity index (χ3v) is 6.58. The fourth-order valence-corrected chi connectivity index (χ4v) is 4.71. The van der Waals surface area contributed by atoms with Crippen molar-refractivity contribution >= 4 is 34.1 Å². The molecule has 0 aliphatic heterocycles. The van der Waals surface area contributed by atoms with Gasteiger partial charge in [-0.3, -0.25) is 24.0 Å². The monoisotopic (exact) mass is 533 g/mol. The highest BCUT2D eigenvalue weighted by Crippen LogP contribution is 2.23. The summed E-state index contributed by atoms with van der Waals surface area (Å²) in [7, 11) is 0. The highest BCUT2D eigenvalue weighted by molar-refractivity contribution is 6.04. The molecule has 0 spiro atoms. The van der Waals surface area contributed by atoms with Crippen LogP contribution in [-0.2, 0) is 6.42 Å². The highest BCUT2D eigenvalue weighted by Gasteiger charge is 2.25. The molecule has 6 aromatic rings. The van der Waals surface area contributed by atoms with Crippen LogP contribution in [0.4, 0.5) is 5.82 Å². The number of nitrogens with one attached hydrogen (secondary N) is 2. The summed E-state index contributed by atoms with van der Waals surface area (Å²) in [6, 6.07) is 15.2. The normalized spacial score (nSPS) is 12.0. The highest BCUT2D eigenvalue weighted by atomic mass is 16.2. The number of aromatic nitrogens is 7. The first-order valence-electron chi connectivity index (χ1n) is 12.4. The van der Waals surface area contributed by atoms with E-state index in [1.165, 1.54) is 21.5 Å². The van der Waals surface area contributed by atoms with Crippen LogP contribution >= 0.6 is 0 Å². The lowest BCUT2D eigenvalue weighted by atomic mass is 10.0. The number of Topliss-reactive ketones (excluding diaryl/α,β-unsaturated/α-hetero) is 1. The zero-order valence-electron chi connectivity index (χ0n) is 21.3. The van der Waals surface area contributed by atoms with E-state index >= 15 is 0 Å². The Kier molecular flexibility index (Phi) is 6.11. The maximum absolute atomic E-state index is 14.1. The topological polar surface area (TPSA) is 166 Å². The van der Waals surface area contributed by atoms with Crippen molar-refractivity contribution in [3.63, 3.8) is 0 Å². The Bertz CT molecular complexity index is 1940. The van der Waals surface area contributed by atoms with E-state index in [1.807, 2.05) is 6.07 Å². The van der Waals surface area contributed by atoms with Gasteiger partial charge in [-0.15, -0.1) is 5.10 Å². The molecule has 0 radical (unpaired) electrons. The summed E-state index contributed by atoms with van der Waals surface area (Å²) >= 11 is 0. The van der Waals surface area contributed by atoms with E-state index in [0.717, 1.165) is 0 Å². The van der Waals surface area contributed by atoms with Crippen molar-refractivity contribution in [3.05, 3.63) is 112 Å². The number of nitrogen functional groups attached to an aromatic ring is 1. The molecule has 1 amide bonds. The molecule has 0 saturated carbocycles. The molecule has 198 valence electrons. The van der Waals surface area contributed by atoms with Crippen molar-refractivity contribution in [1.29, 1.82) is 0 Å². The molecule has 12 heteroatoms. The average Bonchev–Trinajstić information content (AvgIpc) is 3.61. The molecule has 0 aliphatic carbocycles. The molecule has 0 aliphatic rings. The van der Waals surface area contributed by atoms with E-state index in [1.54, 1.807) is 67.8 Å². The number of amides is 1. The summed E-state index contributed by atoms with van der Waals surface area (Å²) < 4.78 is 2.88. The molecule has 4 aromatic heterocycles. The van der Waals surface area contributed by atoms with E-state index in [4.69, 9.17) is 10.7 Å². The second-order valence-corrected chi connectivity index (χ2v) is 9.19. The summed E-state index contributed by atoms with van der Waals surface area (Å²) in [5.74, 6) is -0.357. The number of anilines is 1. The van der Waals surface area contributed by atoms with Crippen LogP contribution in [0.25, 0.3) is 22.2 Å². The molecule has 1 atom stereocenters. The second-order valence-electron chi connectivity index (χ2n) is 9.19. The predicted octanol–water partition coefficient (Wildman–Crippen LogP) is 2.65. The first kappa shape index (κ1) is 24.7. The van der Waals surface area contributed by atoms with Crippen LogP contribution < -0.4 is 16.6 Å². The van der Waals surface area contributed by atoms with Crippen molar-refractivity contribution < 1.29 is 9.59 Å². The van der Waals surface area contributed by atoms with E-state index in [9.17, 15) is 14.4 Å². The van der Waals surface area contributed by atoms with Crippen LogP contribution in [0.5, 0.6) is 0 Å². The van der Waals surface area contributed by atoms with Crippen molar-refractivity contribution in [2.45, 2.75) is 19.4 Å². The summed E-state index contributed by atoms with van der Waals surface area (Å²) in [5.41, 5.74) is 8.04. The van der Waals surface area contributed by atoms with Crippen LogP contribution in [0.15, 0.2) is 84.2 Å². The number of H-pyrrole nitrogens is 1. The van der Waals surface area contributed by atoms with Gasteiger partial charge in [0.15, 0.2) is 17.2 Å². The molecule has 2 aromatic carbocycles. The number of hydrogen-bond acceptors (Lipinski definition) is 8. The van der Waals surface area contributed by atoms with Gasteiger partial charge in [-0.2, -0.15) is 5.10 Å². The Morgan fingerprint density at radius 2 is 1.93 bits per heavy atom. The molecular formula is C28H23N9O3. The van der Waals surface area contributed by atoms with Crippen LogP contribution in [0.3, 0.4) is 0 Å². The van der Waals surface area contributed by atoms with Gasteiger partial charge in [0.05, 0.1) is 34.4 Å². The number of benzene rings is 2. The van der Waals surface area contributed by atoms with Crippen molar-refractivity contribution in [2.75, 3.05) is 5.73 Å². The Morgan fingerprint density at radius 3 is 2.70 bits per heavy atom. The molecule has 0 saturated heterocycles. The van der Waals surface area contributed by atoms with E-state index in [0.29, 0.717) is 39.2 Å². The molecule has 0 bridgehead atoms. The van der Waals surface area contributed by atoms with Crippen LogP contribution in [0.2, 0.25) is 0 Å². The lowest BCUT2D eigenvalue weighted by Crippen LogP contribution is -2.33. The van der Waals surface area contributed by atoms with Gasteiger partial charge in [0, 0.05) is 25.0 Å². The Balaban J connectivity index is 1.46. The zero-order chi connectivity index (χ0) is 27.8. The summed E-state index contributed by atoms with van der Waals surface area (Å²) in [6.07, 6.45) is 6.15. The molecule has 4 heterocycles. The Labute approximate surface area is 226 Å². The van der Waals surface area contributed by atoms with E-state index in [-0.39, 0.29) is 29.1 Å². The Morgan fingerprint density at radius 1 is 1.10 bits per heavy atom. The number of para-hydroxylation sites is 1. The summed E-state index contributed by atoms with van der Waals surface area (Å²) in [5, 5.41) is 13.8. The minimum Gasteiger partial charge on any atom is -0.381 e. The maximum Gasteiger partial charge on any atom is 0.266 e. The van der Waals surface area contributed by atoms with Gasteiger partial charge in [-0.1, -0.05) is 30.3 Å². The predicted molar refractivity (Wildman–Crippen MR) is 147 cm³/mol. The van der Waals surface area contributed by atoms with Crippen LogP contribution in [0.1, 0.15) is 45.1 Å². The minimum absolute atomic E-state index is 0.00474. The van der Waals surface area contributed by atoms with Crippen LogP contribution in [-0.4, -0.2) is 46.0 Å². The van der Waals surface area contributed by atoms with Gasteiger partial charge < -0.3 is 11.1 Å². The van der Waals surface area contributed by atoms with Gasteiger partial charge in [0.2, 0.25) is 0 Å². The SMILES string of the molecule is C[C@H](NC(=O)c1c(N)nn2cccnc12)c1nc2cccc(CC(=O)c3cn[nH]c3)c2c(=O)n1-c1ccccc1. The molecule has 4 N–H and O–H groups in total. The number of carbonyl (C=O) groups is 2. The molecule has 6 rings (SSSR count). The number of ketones is 1. The van der Waals surface area contributed by atoms with Crippen molar-refractivity contribution in [1.82, 2.24) is 39.7 Å². The molecular weight excluding hydrogens is 510 g/mol. The molecule has 12 nitrogen and oxygen atoms in total. The first-order chi connectivity index (χ1) is 19.4. The minimum atomic E-state index is -0.723.